The highest BCUT2D eigenvalue weighted by molar-refractivity contribution is 5.82. The van der Waals surface area contributed by atoms with Crippen LogP contribution in [-0.4, -0.2) is 42.0 Å². The minimum absolute atomic E-state index is 0.0107. The summed E-state index contributed by atoms with van der Waals surface area (Å²) in [6.07, 6.45) is 8.96. The lowest BCUT2D eigenvalue weighted by Crippen LogP contribution is -2.42. The van der Waals surface area contributed by atoms with E-state index >= 15 is 0 Å². The Morgan fingerprint density at radius 2 is 1.80 bits per heavy atom. The molecule has 4 nitrogen and oxygen atoms in total. The van der Waals surface area contributed by atoms with Crippen LogP contribution < -0.4 is 10.6 Å². The maximum Gasteiger partial charge on any atom is 0.237 e. The van der Waals surface area contributed by atoms with Gasteiger partial charge in [0.25, 0.3) is 0 Å². The second kappa shape index (κ2) is 9.35. The number of hydrogen-bond donors (Lipinski definition) is 2. The number of benzene rings is 1. The van der Waals surface area contributed by atoms with E-state index in [2.05, 4.69) is 39.8 Å². The molecule has 0 bridgehead atoms. The van der Waals surface area contributed by atoms with Gasteiger partial charge in [-0.05, 0) is 31.7 Å². The SMILES string of the molecule is CCNC(=O)[C@@H]1C[C@H](NC2CCCCCC2)CN1Cc1ccccc1. The molecule has 1 aromatic carbocycles. The quantitative estimate of drug-likeness (QED) is 0.780. The summed E-state index contributed by atoms with van der Waals surface area (Å²) in [6.45, 7) is 4.52. The Bertz CT molecular complexity index is 525. The maximum atomic E-state index is 12.6. The molecule has 1 saturated heterocycles. The molecule has 138 valence electrons. The van der Waals surface area contributed by atoms with Crippen LogP contribution >= 0.6 is 0 Å². The average molecular weight is 344 g/mol. The number of hydrogen-bond acceptors (Lipinski definition) is 3. The van der Waals surface area contributed by atoms with Crippen molar-refractivity contribution in [3.05, 3.63) is 35.9 Å². The molecule has 1 heterocycles. The molecule has 1 amide bonds. The molecule has 1 aromatic rings. The number of likely N-dealkylation sites (N-methyl/N-ethyl adjacent to an activating group) is 1. The van der Waals surface area contributed by atoms with Crippen LogP contribution in [-0.2, 0) is 11.3 Å². The molecular formula is C21H33N3O. The fourth-order valence-corrected chi connectivity index (χ4v) is 4.36. The van der Waals surface area contributed by atoms with Crippen LogP contribution in [0.4, 0.5) is 0 Å². The van der Waals surface area contributed by atoms with Crippen molar-refractivity contribution in [1.29, 1.82) is 0 Å². The third-order valence-electron chi connectivity index (χ3n) is 5.61. The van der Waals surface area contributed by atoms with Crippen LogP contribution in [0.25, 0.3) is 0 Å². The van der Waals surface area contributed by atoms with E-state index in [0.717, 1.165) is 19.5 Å². The Morgan fingerprint density at radius 3 is 2.48 bits per heavy atom. The number of nitrogens with zero attached hydrogens (tertiary/aromatic N) is 1. The van der Waals surface area contributed by atoms with Gasteiger partial charge in [0.2, 0.25) is 5.91 Å². The van der Waals surface area contributed by atoms with Gasteiger partial charge in [-0.15, -0.1) is 0 Å². The minimum atomic E-state index is -0.0107. The zero-order valence-electron chi connectivity index (χ0n) is 15.5. The van der Waals surface area contributed by atoms with Gasteiger partial charge in [0.15, 0.2) is 0 Å². The van der Waals surface area contributed by atoms with Crippen molar-refractivity contribution in [3.63, 3.8) is 0 Å². The molecule has 1 aliphatic heterocycles. The number of likely N-dealkylation sites (tertiary alicyclic amines) is 1. The number of carbonyl (C=O) groups is 1. The topological polar surface area (TPSA) is 44.4 Å². The largest absolute Gasteiger partial charge is 0.355 e. The van der Waals surface area contributed by atoms with E-state index in [1.54, 1.807) is 0 Å². The molecule has 0 radical (unpaired) electrons. The molecule has 1 aliphatic carbocycles. The van der Waals surface area contributed by atoms with Gasteiger partial charge in [-0.2, -0.15) is 0 Å². The molecule has 2 fully saturated rings. The first-order chi connectivity index (χ1) is 12.3. The summed E-state index contributed by atoms with van der Waals surface area (Å²) < 4.78 is 0. The number of rotatable bonds is 6. The second-order valence-corrected chi connectivity index (χ2v) is 7.61. The smallest absolute Gasteiger partial charge is 0.237 e. The number of carbonyl (C=O) groups excluding carboxylic acids is 1. The zero-order valence-corrected chi connectivity index (χ0v) is 15.5. The van der Waals surface area contributed by atoms with Gasteiger partial charge in [-0.25, -0.2) is 0 Å². The lowest BCUT2D eigenvalue weighted by molar-refractivity contribution is -0.125. The Kier molecular flexibility index (Phi) is 6.88. The molecule has 25 heavy (non-hydrogen) atoms. The van der Waals surface area contributed by atoms with Gasteiger partial charge in [0.1, 0.15) is 0 Å². The molecule has 0 unspecified atom stereocenters. The van der Waals surface area contributed by atoms with Crippen molar-refractivity contribution in [2.45, 2.75) is 76.5 Å². The van der Waals surface area contributed by atoms with E-state index in [-0.39, 0.29) is 11.9 Å². The zero-order chi connectivity index (χ0) is 17.5. The molecule has 0 spiro atoms. The fraction of sp³-hybridized carbons (Fsp3) is 0.667. The van der Waals surface area contributed by atoms with Crippen molar-refractivity contribution in [3.8, 4) is 0 Å². The Labute approximate surface area is 152 Å². The average Bonchev–Trinajstić information content (AvgIpc) is 2.83. The van der Waals surface area contributed by atoms with Gasteiger partial charge >= 0.3 is 0 Å². The Balaban J connectivity index is 1.63. The lowest BCUT2D eigenvalue weighted by Gasteiger charge is -2.23. The second-order valence-electron chi connectivity index (χ2n) is 7.61. The van der Waals surface area contributed by atoms with Gasteiger partial charge in [0, 0.05) is 31.7 Å². The molecule has 2 N–H and O–H groups in total. The van der Waals surface area contributed by atoms with Crippen LogP contribution in [0.3, 0.4) is 0 Å². The Morgan fingerprint density at radius 1 is 1.08 bits per heavy atom. The van der Waals surface area contributed by atoms with Gasteiger partial charge in [-0.3, -0.25) is 9.69 Å². The first kappa shape index (κ1) is 18.4. The van der Waals surface area contributed by atoms with Crippen LogP contribution in [0.2, 0.25) is 0 Å². The summed E-state index contributed by atoms with van der Waals surface area (Å²) in [5.74, 6) is 0.184. The highest BCUT2D eigenvalue weighted by atomic mass is 16.2. The first-order valence-electron chi connectivity index (χ1n) is 10.1. The van der Waals surface area contributed by atoms with Crippen molar-refractivity contribution in [2.24, 2.45) is 0 Å². The van der Waals surface area contributed by atoms with Crippen molar-refractivity contribution >= 4 is 5.91 Å². The molecule has 0 aromatic heterocycles. The van der Waals surface area contributed by atoms with Crippen molar-refractivity contribution < 1.29 is 4.79 Å². The van der Waals surface area contributed by atoms with Gasteiger partial charge in [-0.1, -0.05) is 56.0 Å². The molecule has 2 aliphatic rings. The molecule has 3 rings (SSSR count). The minimum Gasteiger partial charge on any atom is -0.355 e. The first-order valence-corrected chi connectivity index (χ1v) is 10.1. The normalized spacial score (nSPS) is 25.6. The van der Waals surface area contributed by atoms with E-state index in [0.29, 0.717) is 18.6 Å². The van der Waals surface area contributed by atoms with Crippen LogP contribution in [0.15, 0.2) is 30.3 Å². The standard InChI is InChI=1S/C21H33N3O/c1-2-22-21(25)20-14-19(23-18-12-8-3-4-9-13-18)16-24(20)15-17-10-6-5-7-11-17/h5-7,10-11,18-20,23H,2-4,8-9,12-16H2,1H3,(H,22,25)/t19-,20-/m0/s1. The molecule has 4 heteroatoms. The third kappa shape index (κ3) is 5.29. The van der Waals surface area contributed by atoms with E-state index in [4.69, 9.17) is 0 Å². The van der Waals surface area contributed by atoms with E-state index < -0.39 is 0 Å². The highest BCUT2D eigenvalue weighted by Crippen LogP contribution is 2.24. The van der Waals surface area contributed by atoms with Gasteiger partial charge < -0.3 is 10.6 Å². The molecule has 2 atom stereocenters. The van der Waals surface area contributed by atoms with Crippen LogP contribution in [0, 0.1) is 0 Å². The molecule has 1 saturated carbocycles. The predicted octanol–water partition coefficient (Wildman–Crippen LogP) is 3.08. The lowest BCUT2D eigenvalue weighted by atomic mass is 10.1. The number of nitrogens with one attached hydrogen (secondary N) is 2. The van der Waals surface area contributed by atoms with Gasteiger partial charge in [0.05, 0.1) is 6.04 Å². The van der Waals surface area contributed by atoms with Crippen LogP contribution in [0.5, 0.6) is 0 Å². The van der Waals surface area contributed by atoms with Crippen molar-refractivity contribution in [2.75, 3.05) is 13.1 Å². The van der Waals surface area contributed by atoms with E-state index in [1.807, 2.05) is 13.0 Å². The number of amides is 1. The third-order valence-corrected chi connectivity index (χ3v) is 5.61. The van der Waals surface area contributed by atoms with E-state index in [9.17, 15) is 4.79 Å². The summed E-state index contributed by atoms with van der Waals surface area (Å²) in [5.41, 5.74) is 1.28. The summed E-state index contributed by atoms with van der Waals surface area (Å²) in [5, 5.41) is 6.91. The van der Waals surface area contributed by atoms with Crippen molar-refractivity contribution in [1.82, 2.24) is 15.5 Å². The van der Waals surface area contributed by atoms with E-state index in [1.165, 1.54) is 44.1 Å². The monoisotopic (exact) mass is 343 g/mol. The summed E-state index contributed by atoms with van der Waals surface area (Å²) in [6, 6.07) is 11.6. The summed E-state index contributed by atoms with van der Waals surface area (Å²) >= 11 is 0. The maximum absolute atomic E-state index is 12.6. The highest BCUT2D eigenvalue weighted by Gasteiger charge is 2.37. The van der Waals surface area contributed by atoms with Crippen LogP contribution in [0.1, 0.15) is 57.4 Å². The Hall–Kier alpha value is -1.39. The predicted molar refractivity (Wildman–Crippen MR) is 102 cm³/mol. The fourth-order valence-electron chi connectivity index (χ4n) is 4.36. The summed E-state index contributed by atoms with van der Waals surface area (Å²) in [4.78, 5) is 14.9. The molecular weight excluding hydrogens is 310 g/mol. The summed E-state index contributed by atoms with van der Waals surface area (Å²) in [7, 11) is 0.